The molecule has 19 heavy (non-hydrogen) atoms. The summed E-state index contributed by atoms with van der Waals surface area (Å²) in [5.41, 5.74) is 0.652. The van der Waals surface area contributed by atoms with Crippen molar-refractivity contribution in [3.8, 4) is 0 Å². The molecule has 0 aliphatic heterocycles. The van der Waals surface area contributed by atoms with Gasteiger partial charge in [-0.2, -0.15) is 5.10 Å². The normalized spacial score (nSPS) is 9.95. The molecule has 0 bridgehead atoms. The van der Waals surface area contributed by atoms with Crippen LogP contribution in [-0.2, 0) is 6.54 Å². The first kappa shape index (κ1) is 13.3. The molecule has 0 atom stereocenters. The minimum Gasteiger partial charge on any atom is -0.334 e. The van der Waals surface area contributed by atoms with E-state index in [4.69, 9.17) is 0 Å². The van der Waals surface area contributed by atoms with E-state index in [1.807, 2.05) is 24.3 Å². The quantitative estimate of drug-likeness (QED) is 0.806. The number of nitrogens with zero attached hydrogens (tertiary/aromatic N) is 1. The van der Waals surface area contributed by atoms with Crippen LogP contribution in [0.15, 0.2) is 45.7 Å². The number of aromatic nitrogens is 2. The highest BCUT2D eigenvalue weighted by molar-refractivity contribution is 9.10. The van der Waals surface area contributed by atoms with Crippen molar-refractivity contribution in [3.05, 3.63) is 56.8 Å². The molecule has 3 N–H and O–H groups in total. The van der Waals surface area contributed by atoms with Crippen LogP contribution in [0.3, 0.4) is 0 Å². The fourth-order valence-corrected chi connectivity index (χ4v) is 1.85. The van der Waals surface area contributed by atoms with Gasteiger partial charge in [0.05, 0.1) is 0 Å². The predicted molar refractivity (Wildman–Crippen MR) is 74.9 cm³/mol. The first-order valence-corrected chi connectivity index (χ1v) is 6.28. The molecule has 2 rings (SSSR count). The number of anilines is 1. The minimum absolute atomic E-state index is 0.284. The lowest BCUT2D eigenvalue weighted by Gasteiger charge is -2.06. The third-order valence-electron chi connectivity index (χ3n) is 2.26. The first-order chi connectivity index (χ1) is 9.13. The Kier molecular flexibility index (Phi) is 4.30. The summed E-state index contributed by atoms with van der Waals surface area (Å²) in [4.78, 5) is 22.4. The molecule has 7 heteroatoms. The monoisotopic (exact) mass is 322 g/mol. The van der Waals surface area contributed by atoms with E-state index in [0.717, 1.165) is 10.0 Å². The van der Waals surface area contributed by atoms with Gasteiger partial charge in [-0.1, -0.05) is 28.1 Å². The van der Waals surface area contributed by atoms with Gasteiger partial charge in [0.1, 0.15) is 0 Å². The second kappa shape index (κ2) is 6.14. The van der Waals surface area contributed by atoms with Crippen LogP contribution in [0.4, 0.5) is 10.6 Å². The molecule has 0 aliphatic rings. The van der Waals surface area contributed by atoms with Crippen LogP contribution >= 0.6 is 15.9 Å². The van der Waals surface area contributed by atoms with E-state index in [9.17, 15) is 9.59 Å². The summed E-state index contributed by atoms with van der Waals surface area (Å²) in [6, 6.07) is 9.95. The van der Waals surface area contributed by atoms with E-state index in [1.165, 1.54) is 12.1 Å². The Morgan fingerprint density at radius 2 is 2.16 bits per heavy atom. The largest absolute Gasteiger partial charge is 0.334 e. The third kappa shape index (κ3) is 4.22. The molecule has 0 saturated heterocycles. The number of benzene rings is 1. The number of aromatic amines is 1. The molecule has 6 nitrogen and oxygen atoms in total. The smallest absolute Gasteiger partial charge is 0.320 e. The highest BCUT2D eigenvalue weighted by Crippen LogP contribution is 2.11. The van der Waals surface area contributed by atoms with Gasteiger partial charge in [0, 0.05) is 17.1 Å². The van der Waals surface area contributed by atoms with Gasteiger partial charge in [-0.25, -0.2) is 9.89 Å². The Balaban J connectivity index is 1.88. The summed E-state index contributed by atoms with van der Waals surface area (Å²) in [6.07, 6.45) is 0. The maximum absolute atomic E-state index is 11.6. The number of halogens is 1. The van der Waals surface area contributed by atoms with E-state index in [2.05, 4.69) is 36.8 Å². The molecule has 0 unspecified atom stereocenters. The molecule has 1 aromatic heterocycles. The number of urea groups is 1. The number of hydrogen-bond donors (Lipinski definition) is 3. The summed E-state index contributed by atoms with van der Waals surface area (Å²) in [5.74, 6) is 0.284. The molecule has 0 aliphatic carbocycles. The molecule has 0 fully saturated rings. The van der Waals surface area contributed by atoms with Crippen molar-refractivity contribution >= 4 is 27.8 Å². The van der Waals surface area contributed by atoms with Crippen LogP contribution < -0.4 is 16.2 Å². The van der Waals surface area contributed by atoms with Crippen LogP contribution in [0.25, 0.3) is 0 Å². The number of H-pyrrole nitrogens is 1. The van der Waals surface area contributed by atoms with Gasteiger partial charge >= 0.3 is 6.03 Å². The predicted octanol–water partition coefficient (Wildman–Crippen LogP) is 1.85. The number of carbonyl (C=O) groups is 1. The van der Waals surface area contributed by atoms with Gasteiger partial charge < -0.3 is 5.32 Å². The lowest BCUT2D eigenvalue weighted by atomic mass is 10.2. The highest BCUT2D eigenvalue weighted by atomic mass is 79.9. The third-order valence-corrected chi connectivity index (χ3v) is 2.76. The molecule has 1 aromatic carbocycles. The zero-order chi connectivity index (χ0) is 13.7. The number of hydrogen-bond acceptors (Lipinski definition) is 3. The molecule has 98 valence electrons. The second-order valence-corrected chi connectivity index (χ2v) is 4.66. The van der Waals surface area contributed by atoms with E-state index in [-0.39, 0.29) is 17.4 Å². The van der Waals surface area contributed by atoms with E-state index in [0.29, 0.717) is 6.54 Å². The molecular weight excluding hydrogens is 312 g/mol. The van der Waals surface area contributed by atoms with Gasteiger partial charge in [0.15, 0.2) is 5.82 Å². The highest BCUT2D eigenvalue weighted by Gasteiger charge is 2.02. The topological polar surface area (TPSA) is 86.9 Å². The molecular formula is C12H11BrN4O2. The standard InChI is InChI=1S/C12H11BrN4O2/c13-9-3-1-2-8(6-9)7-14-12(19)15-10-4-5-11(18)17-16-10/h1-6H,7H2,(H,17,18)(H2,14,15,16,19). The van der Waals surface area contributed by atoms with Crippen molar-refractivity contribution in [2.24, 2.45) is 0 Å². The molecule has 0 radical (unpaired) electrons. The molecule has 0 spiro atoms. The van der Waals surface area contributed by atoms with Crippen molar-refractivity contribution in [1.82, 2.24) is 15.5 Å². The van der Waals surface area contributed by atoms with Gasteiger partial charge in [0.25, 0.3) is 5.56 Å². The lowest BCUT2D eigenvalue weighted by Crippen LogP contribution is -2.29. The van der Waals surface area contributed by atoms with Gasteiger partial charge in [0.2, 0.25) is 0 Å². The number of nitrogens with one attached hydrogen (secondary N) is 3. The Hall–Kier alpha value is -2.15. The SMILES string of the molecule is O=C(NCc1cccc(Br)c1)Nc1ccc(=O)[nH]n1. The number of carbonyl (C=O) groups excluding carboxylic acids is 1. The van der Waals surface area contributed by atoms with Crippen molar-refractivity contribution in [2.75, 3.05) is 5.32 Å². The summed E-state index contributed by atoms with van der Waals surface area (Å²) >= 11 is 3.36. The number of rotatable bonds is 3. The zero-order valence-electron chi connectivity index (χ0n) is 9.81. The summed E-state index contributed by atoms with van der Waals surface area (Å²) in [5, 5.41) is 11.1. The molecule has 0 saturated carbocycles. The fraction of sp³-hybridized carbons (Fsp3) is 0.0833. The summed E-state index contributed by atoms with van der Waals surface area (Å²) in [7, 11) is 0. The maximum atomic E-state index is 11.6. The van der Waals surface area contributed by atoms with Crippen LogP contribution in [-0.4, -0.2) is 16.2 Å². The average molecular weight is 323 g/mol. The number of amides is 2. The Morgan fingerprint density at radius 3 is 2.84 bits per heavy atom. The van der Waals surface area contributed by atoms with Crippen molar-refractivity contribution in [2.45, 2.75) is 6.54 Å². The van der Waals surface area contributed by atoms with Crippen LogP contribution in [0.1, 0.15) is 5.56 Å². The molecule has 1 heterocycles. The van der Waals surface area contributed by atoms with Gasteiger partial charge in [-0.3, -0.25) is 10.1 Å². The van der Waals surface area contributed by atoms with Crippen molar-refractivity contribution in [3.63, 3.8) is 0 Å². The van der Waals surface area contributed by atoms with E-state index >= 15 is 0 Å². The van der Waals surface area contributed by atoms with Crippen LogP contribution in [0.5, 0.6) is 0 Å². The van der Waals surface area contributed by atoms with Crippen LogP contribution in [0.2, 0.25) is 0 Å². The van der Waals surface area contributed by atoms with Gasteiger partial charge in [-0.15, -0.1) is 0 Å². The fourth-order valence-electron chi connectivity index (χ4n) is 1.40. The Labute approximate surface area is 117 Å². The first-order valence-electron chi connectivity index (χ1n) is 5.48. The minimum atomic E-state index is -0.389. The van der Waals surface area contributed by atoms with Crippen molar-refractivity contribution < 1.29 is 4.79 Å². The van der Waals surface area contributed by atoms with E-state index < -0.39 is 0 Å². The zero-order valence-corrected chi connectivity index (χ0v) is 11.4. The van der Waals surface area contributed by atoms with Gasteiger partial charge in [-0.05, 0) is 23.8 Å². The Bertz CT molecular complexity index is 621. The Morgan fingerprint density at radius 1 is 1.32 bits per heavy atom. The van der Waals surface area contributed by atoms with Crippen LogP contribution in [0, 0.1) is 0 Å². The lowest BCUT2D eigenvalue weighted by molar-refractivity contribution is 0.251. The average Bonchev–Trinajstić information content (AvgIpc) is 2.39. The molecule has 2 amide bonds. The van der Waals surface area contributed by atoms with E-state index in [1.54, 1.807) is 0 Å². The maximum Gasteiger partial charge on any atom is 0.320 e. The second-order valence-electron chi connectivity index (χ2n) is 3.74. The molecule has 2 aromatic rings. The summed E-state index contributed by atoms with van der Waals surface area (Å²) in [6.45, 7) is 0.397. The van der Waals surface area contributed by atoms with Crippen molar-refractivity contribution in [1.29, 1.82) is 0 Å². The summed E-state index contributed by atoms with van der Waals surface area (Å²) < 4.78 is 0.953.